The Morgan fingerprint density at radius 3 is 2.69 bits per heavy atom. The number of nitrogens with zero attached hydrogens (tertiary/aromatic N) is 1. The molecule has 2 bridgehead atoms. The van der Waals surface area contributed by atoms with Crippen molar-refractivity contribution in [3.63, 3.8) is 0 Å². The summed E-state index contributed by atoms with van der Waals surface area (Å²) in [5.74, 6) is 1.20. The maximum Gasteiger partial charge on any atom is 0.410 e. The molecule has 1 heterocycles. The fourth-order valence-electron chi connectivity index (χ4n) is 6.66. The molecule has 0 N–H and O–H groups in total. The van der Waals surface area contributed by atoms with Crippen molar-refractivity contribution in [2.45, 2.75) is 76.9 Å². The minimum Gasteiger partial charge on any atom is -0.457 e. The summed E-state index contributed by atoms with van der Waals surface area (Å²) >= 11 is 0. The summed E-state index contributed by atoms with van der Waals surface area (Å²) in [5.41, 5.74) is 3.74. The quantitative estimate of drug-likeness (QED) is 0.351. The molecule has 6 nitrogen and oxygen atoms in total. The number of amides is 1. The number of carbonyl (C=O) groups excluding carboxylic acids is 2. The van der Waals surface area contributed by atoms with Gasteiger partial charge in [0.1, 0.15) is 12.4 Å². The Labute approximate surface area is 213 Å². The Bertz CT molecular complexity index is 1080. The highest BCUT2D eigenvalue weighted by Crippen LogP contribution is 2.56. The lowest BCUT2D eigenvalue weighted by Crippen LogP contribution is -2.62. The van der Waals surface area contributed by atoms with Gasteiger partial charge in [-0.2, -0.15) is 0 Å². The van der Waals surface area contributed by atoms with E-state index in [1.54, 1.807) is 0 Å². The topological polar surface area (TPSA) is 65.1 Å². The van der Waals surface area contributed by atoms with Gasteiger partial charge in [0.15, 0.2) is 0 Å². The van der Waals surface area contributed by atoms with E-state index < -0.39 is 0 Å². The number of ether oxygens (including phenoxy) is 3. The summed E-state index contributed by atoms with van der Waals surface area (Å²) in [6.45, 7) is 4.94. The molecular formula is C30H37NO5. The fraction of sp³-hybridized carbons (Fsp3) is 0.533. The third-order valence-electron chi connectivity index (χ3n) is 8.27. The van der Waals surface area contributed by atoms with Crippen LogP contribution in [0.15, 0.2) is 48.5 Å². The molecule has 5 rings (SSSR count). The molecular weight excluding hydrogens is 454 g/mol. The molecule has 0 unspecified atom stereocenters. The smallest absolute Gasteiger partial charge is 0.410 e. The maximum absolute atomic E-state index is 13.2. The summed E-state index contributed by atoms with van der Waals surface area (Å²) < 4.78 is 16.9. The molecule has 2 aliphatic carbocycles. The largest absolute Gasteiger partial charge is 0.457 e. The first kappa shape index (κ1) is 24.7. The summed E-state index contributed by atoms with van der Waals surface area (Å²) in [6.07, 6.45) is 6.65. The van der Waals surface area contributed by atoms with Crippen molar-refractivity contribution in [3.8, 4) is 5.75 Å². The first-order valence-electron chi connectivity index (χ1n) is 13.4. The number of carbonyl (C=O) groups is 2. The molecule has 0 spiro atoms. The van der Waals surface area contributed by atoms with Gasteiger partial charge in [0, 0.05) is 24.4 Å². The lowest BCUT2D eigenvalue weighted by molar-refractivity contribution is -0.151. The van der Waals surface area contributed by atoms with Crippen LogP contribution >= 0.6 is 0 Å². The summed E-state index contributed by atoms with van der Waals surface area (Å²) in [4.78, 5) is 27.1. The van der Waals surface area contributed by atoms with Gasteiger partial charge in [-0.25, -0.2) is 4.79 Å². The van der Waals surface area contributed by atoms with Crippen LogP contribution in [-0.4, -0.2) is 36.3 Å². The number of hydrogen-bond donors (Lipinski definition) is 0. The van der Waals surface area contributed by atoms with Gasteiger partial charge in [-0.05, 0) is 66.3 Å². The second-order valence-corrected chi connectivity index (χ2v) is 11.0. The minimum absolute atomic E-state index is 0.0651. The molecule has 0 radical (unpaired) electrons. The Hall–Kier alpha value is -3.02. The zero-order valence-electron chi connectivity index (χ0n) is 21.4. The number of rotatable bonds is 7. The second kappa shape index (κ2) is 10.5. The molecule has 192 valence electrons. The van der Waals surface area contributed by atoms with E-state index in [0.29, 0.717) is 25.5 Å². The lowest BCUT2D eigenvalue weighted by atomic mass is 9.52. The maximum atomic E-state index is 13.2. The predicted octanol–water partition coefficient (Wildman–Crippen LogP) is 6.01. The van der Waals surface area contributed by atoms with E-state index in [0.717, 1.165) is 37.0 Å². The van der Waals surface area contributed by atoms with Gasteiger partial charge in [-0.3, -0.25) is 4.79 Å². The van der Waals surface area contributed by atoms with Crippen LogP contribution in [0.25, 0.3) is 0 Å². The van der Waals surface area contributed by atoms with Crippen LogP contribution < -0.4 is 4.74 Å². The van der Waals surface area contributed by atoms with Crippen molar-refractivity contribution in [2.75, 3.05) is 13.3 Å². The molecule has 1 saturated heterocycles. The van der Waals surface area contributed by atoms with Crippen LogP contribution in [0.5, 0.6) is 5.75 Å². The molecule has 2 aromatic carbocycles. The summed E-state index contributed by atoms with van der Waals surface area (Å²) in [7, 11) is 0. The second-order valence-electron chi connectivity index (χ2n) is 11.0. The standard InChI is InChI=1S/C30H37NO5/c1-21(2)16-28(32)36-20-35-24-12-11-23-17-27-25-10-6-7-13-30(25,26(23)18-24)14-15-31(27)29(33)34-19-22-8-4-3-5-9-22/h3-5,8-9,11-12,18,21,25,27H,6-7,10,13-17,19-20H2,1-2H3/t25-,27+,30-/m1/s1. The molecule has 1 amide bonds. The normalized spacial score (nSPS) is 24.5. The van der Waals surface area contributed by atoms with Crippen molar-refractivity contribution < 1.29 is 23.8 Å². The van der Waals surface area contributed by atoms with Gasteiger partial charge in [0.05, 0.1) is 0 Å². The van der Waals surface area contributed by atoms with E-state index in [1.807, 2.05) is 55.1 Å². The molecule has 0 aromatic heterocycles. The number of esters is 1. The highest BCUT2D eigenvalue weighted by atomic mass is 16.7. The van der Waals surface area contributed by atoms with Gasteiger partial charge in [-0.15, -0.1) is 0 Å². The molecule has 1 saturated carbocycles. The Balaban J connectivity index is 1.31. The SMILES string of the molecule is CC(C)CC(=O)OCOc1ccc2c(c1)[C@@]13CCCC[C@@H]1[C@H](C2)N(C(=O)OCc1ccccc1)CC3. The van der Waals surface area contributed by atoms with Gasteiger partial charge in [0.2, 0.25) is 6.79 Å². The summed E-state index contributed by atoms with van der Waals surface area (Å²) in [5, 5.41) is 0. The molecule has 36 heavy (non-hydrogen) atoms. The van der Waals surface area contributed by atoms with E-state index in [2.05, 4.69) is 12.1 Å². The Morgan fingerprint density at radius 1 is 1.06 bits per heavy atom. The number of piperidine rings is 1. The summed E-state index contributed by atoms with van der Waals surface area (Å²) in [6, 6.07) is 16.3. The van der Waals surface area contributed by atoms with Gasteiger partial charge < -0.3 is 19.1 Å². The Kier molecular flexibility index (Phi) is 7.22. The molecule has 2 aromatic rings. The van der Waals surface area contributed by atoms with Crippen molar-refractivity contribution in [3.05, 3.63) is 65.2 Å². The van der Waals surface area contributed by atoms with Gasteiger partial charge >= 0.3 is 12.1 Å². The van der Waals surface area contributed by atoms with E-state index in [-0.39, 0.29) is 36.2 Å². The lowest BCUT2D eigenvalue weighted by Gasteiger charge is -2.58. The molecule has 1 aliphatic heterocycles. The number of benzene rings is 2. The zero-order valence-corrected chi connectivity index (χ0v) is 21.4. The third-order valence-corrected chi connectivity index (χ3v) is 8.27. The van der Waals surface area contributed by atoms with E-state index in [4.69, 9.17) is 14.2 Å². The van der Waals surface area contributed by atoms with E-state index >= 15 is 0 Å². The van der Waals surface area contributed by atoms with Crippen molar-refractivity contribution in [1.82, 2.24) is 4.90 Å². The fourth-order valence-corrected chi connectivity index (χ4v) is 6.66. The van der Waals surface area contributed by atoms with Crippen LogP contribution in [0.2, 0.25) is 0 Å². The Morgan fingerprint density at radius 2 is 1.89 bits per heavy atom. The van der Waals surface area contributed by atoms with Crippen molar-refractivity contribution in [1.29, 1.82) is 0 Å². The average molecular weight is 492 g/mol. The van der Waals surface area contributed by atoms with Gasteiger partial charge in [0.25, 0.3) is 0 Å². The van der Waals surface area contributed by atoms with E-state index in [9.17, 15) is 9.59 Å². The van der Waals surface area contributed by atoms with E-state index in [1.165, 1.54) is 24.0 Å². The molecule has 2 fully saturated rings. The van der Waals surface area contributed by atoms with Crippen LogP contribution in [0.4, 0.5) is 4.79 Å². The number of hydrogen-bond acceptors (Lipinski definition) is 5. The molecule has 3 atom stereocenters. The highest BCUT2D eigenvalue weighted by Gasteiger charge is 2.55. The van der Waals surface area contributed by atoms with Crippen LogP contribution in [-0.2, 0) is 32.7 Å². The first-order valence-corrected chi connectivity index (χ1v) is 13.4. The number of fused-ring (bicyclic) bond motifs is 1. The van der Waals surface area contributed by atoms with Crippen LogP contribution in [0.3, 0.4) is 0 Å². The predicted molar refractivity (Wildman–Crippen MR) is 137 cm³/mol. The zero-order chi connectivity index (χ0) is 25.1. The molecule has 6 heteroatoms. The van der Waals surface area contributed by atoms with Crippen molar-refractivity contribution in [2.24, 2.45) is 11.8 Å². The average Bonchev–Trinajstić information content (AvgIpc) is 2.88. The third kappa shape index (κ3) is 4.95. The first-order chi connectivity index (χ1) is 17.5. The van der Waals surface area contributed by atoms with Gasteiger partial charge in [-0.1, -0.05) is 63.1 Å². The molecule has 3 aliphatic rings. The minimum atomic E-state index is -0.233. The van der Waals surface area contributed by atoms with Crippen LogP contribution in [0.1, 0.15) is 69.1 Å². The monoisotopic (exact) mass is 491 g/mol. The number of likely N-dealkylation sites (tertiary alicyclic amines) is 1. The van der Waals surface area contributed by atoms with Crippen molar-refractivity contribution >= 4 is 12.1 Å². The van der Waals surface area contributed by atoms with Crippen LogP contribution in [0, 0.1) is 11.8 Å². The highest BCUT2D eigenvalue weighted by molar-refractivity contribution is 5.69.